The lowest BCUT2D eigenvalue weighted by atomic mass is 9.94. The van der Waals surface area contributed by atoms with Gasteiger partial charge in [-0.1, -0.05) is 30.3 Å². The number of likely N-dealkylation sites (tertiary alicyclic amines) is 1. The molecule has 0 aliphatic carbocycles. The Hall–Kier alpha value is -3.15. The molecule has 1 fully saturated rings. The summed E-state index contributed by atoms with van der Waals surface area (Å²) in [4.78, 5) is 23.5. The van der Waals surface area contributed by atoms with Gasteiger partial charge in [0.25, 0.3) is 5.91 Å². The van der Waals surface area contributed by atoms with Gasteiger partial charge in [-0.2, -0.15) is 0 Å². The first-order valence-electron chi connectivity index (χ1n) is 9.24. The standard InChI is InChI=1S/C22H19F2N3O/c23-18-9-8-16(13-19(18)24)22(28)27-12-4-7-17(14-27)20-10-11-25-21(26-20)15-5-2-1-3-6-15/h1-3,5-6,8-11,13,17H,4,7,12,14H2/t17-/m0/s1. The van der Waals surface area contributed by atoms with E-state index in [0.717, 1.165) is 36.2 Å². The van der Waals surface area contributed by atoms with E-state index in [0.29, 0.717) is 18.9 Å². The summed E-state index contributed by atoms with van der Waals surface area (Å²) in [7, 11) is 0. The Morgan fingerprint density at radius 3 is 2.64 bits per heavy atom. The molecular weight excluding hydrogens is 360 g/mol. The Morgan fingerprint density at radius 1 is 1.04 bits per heavy atom. The number of hydrogen-bond acceptors (Lipinski definition) is 3. The molecule has 1 aliphatic heterocycles. The second kappa shape index (κ2) is 7.84. The summed E-state index contributed by atoms with van der Waals surface area (Å²) in [6.45, 7) is 1.08. The number of carbonyl (C=O) groups is 1. The monoisotopic (exact) mass is 379 g/mol. The fraction of sp³-hybridized carbons (Fsp3) is 0.227. The summed E-state index contributed by atoms with van der Waals surface area (Å²) in [5.41, 5.74) is 1.98. The van der Waals surface area contributed by atoms with Gasteiger partial charge in [0, 0.05) is 42.0 Å². The molecule has 1 saturated heterocycles. The predicted octanol–water partition coefficient (Wildman–Crippen LogP) is 4.44. The molecule has 6 heteroatoms. The molecule has 0 unspecified atom stereocenters. The van der Waals surface area contributed by atoms with Gasteiger partial charge < -0.3 is 4.90 Å². The maximum atomic E-state index is 13.5. The largest absolute Gasteiger partial charge is 0.338 e. The van der Waals surface area contributed by atoms with Crippen molar-refractivity contribution in [1.29, 1.82) is 0 Å². The first kappa shape index (κ1) is 18.2. The van der Waals surface area contributed by atoms with Crippen molar-refractivity contribution >= 4 is 5.91 Å². The van der Waals surface area contributed by atoms with E-state index in [1.807, 2.05) is 36.4 Å². The van der Waals surface area contributed by atoms with Gasteiger partial charge in [-0.25, -0.2) is 18.7 Å². The SMILES string of the molecule is O=C(c1ccc(F)c(F)c1)N1CCC[C@H](c2ccnc(-c3ccccc3)n2)C1. The minimum Gasteiger partial charge on any atom is -0.338 e. The maximum absolute atomic E-state index is 13.5. The molecule has 1 aromatic heterocycles. The van der Waals surface area contributed by atoms with Crippen molar-refractivity contribution in [1.82, 2.24) is 14.9 Å². The van der Waals surface area contributed by atoms with Crippen molar-refractivity contribution in [2.45, 2.75) is 18.8 Å². The number of hydrogen-bond donors (Lipinski definition) is 0. The quantitative estimate of drug-likeness (QED) is 0.676. The Bertz CT molecular complexity index is 994. The minimum atomic E-state index is -1.01. The van der Waals surface area contributed by atoms with Crippen LogP contribution in [0.15, 0.2) is 60.8 Å². The fourth-order valence-electron chi connectivity index (χ4n) is 3.54. The summed E-state index contributed by atoms with van der Waals surface area (Å²) in [6, 6.07) is 14.9. The van der Waals surface area contributed by atoms with Crippen LogP contribution >= 0.6 is 0 Å². The van der Waals surface area contributed by atoms with E-state index in [9.17, 15) is 13.6 Å². The molecule has 3 aromatic rings. The van der Waals surface area contributed by atoms with Gasteiger partial charge in [0.15, 0.2) is 17.5 Å². The van der Waals surface area contributed by atoms with E-state index in [1.165, 1.54) is 6.07 Å². The highest BCUT2D eigenvalue weighted by atomic mass is 19.2. The minimum absolute atomic E-state index is 0.0773. The molecule has 142 valence electrons. The van der Waals surface area contributed by atoms with Gasteiger partial charge in [-0.3, -0.25) is 4.79 Å². The normalized spacial score (nSPS) is 16.8. The van der Waals surface area contributed by atoms with Crippen LogP contribution in [0.2, 0.25) is 0 Å². The van der Waals surface area contributed by atoms with Crippen LogP contribution < -0.4 is 0 Å². The molecule has 0 N–H and O–H groups in total. The molecule has 2 aromatic carbocycles. The summed E-state index contributed by atoms with van der Waals surface area (Å²) in [5.74, 6) is -1.53. The molecule has 0 radical (unpaired) electrons. The number of aromatic nitrogens is 2. The van der Waals surface area contributed by atoms with Gasteiger partial charge in [0.1, 0.15) is 0 Å². The van der Waals surface area contributed by atoms with Crippen molar-refractivity contribution in [2.24, 2.45) is 0 Å². The van der Waals surface area contributed by atoms with E-state index in [4.69, 9.17) is 4.98 Å². The topological polar surface area (TPSA) is 46.1 Å². The number of benzene rings is 2. The first-order valence-corrected chi connectivity index (χ1v) is 9.24. The van der Waals surface area contributed by atoms with Crippen LogP contribution in [0.1, 0.15) is 34.8 Å². The number of piperidine rings is 1. The molecule has 0 saturated carbocycles. The predicted molar refractivity (Wildman–Crippen MR) is 102 cm³/mol. The highest BCUT2D eigenvalue weighted by Gasteiger charge is 2.27. The number of nitrogens with zero attached hydrogens (tertiary/aromatic N) is 3. The third-order valence-corrected chi connectivity index (χ3v) is 5.00. The second-order valence-electron chi connectivity index (χ2n) is 6.89. The van der Waals surface area contributed by atoms with Gasteiger partial charge in [0.2, 0.25) is 0 Å². The van der Waals surface area contributed by atoms with Crippen molar-refractivity contribution in [3.8, 4) is 11.4 Å². The van der Waals surface area contributed by atoms with Gasteiger partial charge in [-0.15, -0.1) is 0 Å². The average Bonchev–Trinajstić information content (AvgIpc) is 2.76. The number of halogens is 2. The number of carbonyl (C=O) groups excluding carboxylic acids is 1. The highest BCUT2D eigenvalue weighted by Crippen LogP contribution is 2.28. The van der Waals surface area contributed by atoms with Crippen LogP contribution in [0.3, 0.4) is 0 Å². The smallest absolute Gasteiger partial charge is 0.253 e. The molecule has 1 aliphatic rings. The second-order valence-corrected chi connectivity index (χ2v) is 6.89. The molecule has 28 heavy (non-hydrogen) atoms. The first-order chi connectivity index (χ1) is 13.6. The lowest BCUT2D eigenvalue weighted by molar-refractivity contribution is 0.0705. The third-order valence-electron chi connectivity index (χ3n) is 5.00. The fourth-order valence-corrected chi connectivity index (χ4v) is 3.54. The molecule has 1 amide bonds. The Labute approximate surface area is 161 Å². The summed E-state index contributed by atoms with van der Waals surface area (Å²) in [5, 5.41) is 0. The zero-order chi connectivity index (χ0) is 19.5. The van der Waals surface area contributed by atoms with Crippen molar-refractivity contribution < 1.29 is 13.6 Å². The van der Waals surface area contributed by atoms with Crippen molar-refractivity contribution in [3.63, 3.8) is 0 Å². The van der Waals surface area contributed by atoms with E-state index in [1.54, 1.807) is 11.1 Å². The van der Waals surface area contributed by atoms with Gasteiger partial charge in [-0.05, 0) is 37.1 Å². The van der Waals surface area contributed by atoms with E-state index in [-0.39, 0.29) is 17.4 Å². The van der Waals surface area contributed by atoms with E-state index in [2.05, 4.69) is 4.98 Å². The van der Waals surface area contributed by atoms with Gasteiger partial charge in [0.05, 0.1) is 0 Å². The third kappa shape index (κ3) is 3.76. The Morgan fingerprint density at radius 2 is 1.86 bits per heavy atom. The molecule has 2 heterocycles. The van der Waals surface area contributed by atoms with Crippen LogP contribution in [0.5, 0.6) is 0 Å². The van der Waals surface area contributed by atoms with Crippen molar-refractivity contribution in [2.75, 3.05) is 13.1 Å². The van der Waals surface area contributed by atoms with Gasteiger partial charge >= 0.3 is 0 Å². The lowest BCUT2D eigenvalue weighted by Crippen LogP contribution is -2.39. The Balaban J connectivity index is 1.54. The highest BCUT2D eigenvalue weighted by molar-refractivity contribution is 5.94. The summed E-state index contributed by atoms with van der Waals surface area (Å²) < 4.78 is 26.6. The number of rotatable bonds is 3. The molecule has 4 rings (SSSR count). The number of amides is 1. The van der Waals surface area contributed by atoms with E-state index < -0.39 is 11.6 Å². The van der Waals surface area contributed by atoms with Crippen LogP contribution in [-0.4, -0.2) is 33.9 Å². The van der Waals surface area contributed by atoms with Crippen LogP contribution in [-0.2, 0) is 0 Å². The zero-order valence-corrected chi connectivity index (χ0v) is 15.2. The average molecular weight is 379 g/mol. The zero-order valence-electron chi connectivity index (χ0n) is 15.2. The van der Waals surface area contributed by atoms with Crippen LogP contribution in [0.25, 0.3) is 11.4 Å². The van der Waals surface area contributed by atoms with E-state index >= 15 is 0 Å². The lowest BCUT2D eigenvalue weighted by Gasteiger charge is -2.32. The molecule has 1 atom stereocenters. The molecular formula is C22H19F2N3O. The van der Waals surface area contributed by atoms with Crippen LogP contribution in [0.4, 0.5) is 8.78 Å². The van der Waals surface area contributed by atoms with Crippen LogP contribution in [0, 0.1) is 11.6 Å². The van der Waals surface area contributed by atoms with Crippen molar-refractivity contribution in [3.05, 3.63) is 83.7 Å². The molecule has 0 bridgehead atoms. The maximum Gasteiger partial charge on any atom is 0.253 e. The molecule has 0 spiro atoms. The summed E-state index contributed by atoms with van der Waals surface area (Å²) >= 11 is 0. The molecule has 4 nitrogen and oxygen atoms in total. The summed E-state index contributed by atoms with van der Waals surface area (Å²) in [6.07, 6.45) is 3.47. The Kier molecular flexibility index (Phi) is 5.10.